The summed E-state index contributed by atoms with van der Waals surface area (Å²) in [5.74, 6) is 2.46. The number of Topliss-reactive ketones (excluding diaryl/α,β-unsaturated/α-hetero) is 1. The number of methoxy groups -OCH3 is 2. The molecule has 0 atom stereocenters. The lowest BCUT2D eigenvalue weighted by atomic mass is 10.1. The fraction of sp³-hybridized carbons (Fsp3) is 0.348. The number of ketones is 1. The highest BCUT2D eigenvalue weighted by atomic mass is 35.5. The van der Waals surface area contributed by atoms with Gasteiger partial charge in [0.15, 0.2) is 17.3 Å². The van der Waals surface area contributed by atoms with E-state index >= 15 is 0 Å². The van der Waals surface area contributed by atoms with Gasteiger partial charge in [-0.3, -0.25) is 9.69 Å². The fourth-order valence-electron chi connectivity index (χ4n) is 3.72. The van der Waals surface area contributed by atoms with E-state index in [4.69, 9.17) is 18.9 Å². The van der Waals surface area contributed by atoms with Crippen LogP contribution in [0.1, 0.15) is 28.8 Å². The molecule has 0 aromatic heterocycles. The molecule has 2 aromatic rings. The smallest absolute Gasteiger partial charge is 0.231 e. The summed E-state index contributed by atoms with van der Waals surface area (Å²) in [6, 6.07) is 10.8. The van der Waals surface area contributed by atoms with Crippen LogP contribution in [0.5, 0.6) is 23.0 Å². The number of likely N-dealkylation sites (tertiary alicyclic amines) is 1. The number of ether oxygens (including phenoxy) is 4. The van der Waals surface area contributed by atoms with Crippen LogP contribution in [0.3, 0.4) is 0 Å². The van der Waals surface area contributed by atoms with Gasteiger partial charge in [0.2, 0.25) is 5.78 Å². The van der Waals surface area contributed by atoms with Gasteiger partial charge in [0, 0.05) is 18.2 Å². The van der Waals surface area contributed by atoms with Gasteiger partial charge in [0.25, 0.3) is 0 Å². The molecule has 160 valence electrons. The Kier molecular flexibility index (Phi) is 7.24. The van der Waals surface area contributed by atoms with Crippen LogP contribution in [0.15, 0.2) is 42.2 Å². The Balaban J connectivity index is 0.00000256. The lowest BCUT2D eigenvalue weighted by molar-refractivity contribution is 0.101. The van der Waals surface area contributed by atoms with Crippen molar-refractivity contribution in [3.05, 3.63) is 53.3 Å². The van der Waals surface area contributed by atoms with Crippen molar-refractivity contribution in [1.82, 2.24) is 4.90 Å². The van der Waals surface area contributed by atoms with Crippen molar-refractivity contribution in [3.8, 4) is 23.0 Å². The van der Waals surface area contributed by atoms with E-state index in [-0.39, 0.29) is 23.9 Å². The lowest BCUT2D eigenvalue weighted by Crippen LogP contribution is -2.25. The predicted molar refractivity (Wildman–Crippen MR) is 117 cm³/mol. The van der Waals surface area contributed by atoms with E-state index in [1.165, 1.54) is 12.8 Å². The van der Waals surface area contributed by atoms with E-state index in [0.717, 1.165) is 19.6 Å². The molecule has 7 heteroatoms. The summed E-state index contributed by atoms with van der Waals surface area (Å²) in [7, 11) is 3.14. The third kappa shape index (κ3) is 4.55. The van der Waals surface area contributed by atoms with Gasteiger partial charge in [-0.1, -0.05) is 12.1 Å². The number of hydrogen-bond acceptors (Lipinski definition) is 6. The van der Waals surface area contributed by atoms with E-state index in [1.807, 2.05) is 18.2 Å². The first-order chi connectivity index (χ1) is 14.2. The maximum Gasteiger partial charge on any atom is 0.231 e. The highest BCUT2D eigenvalue weighted by molar-refractivity contribution is 6.14. The molecule has 4 rings (SSSR count). The molecule has 0 N–H and O–H groups in total. The zero-order valence-corrected chi connectivity index (χ0v) is 18.0. The van der Waals surface area contributed by atoms with Crippen LogP contribution in [-0.2, 0) is 0 Å². The monoisotopic (exact) mass is 431 g/mol. The Hall–Kier alpha value is -2.70. The summed E-state index contributed by atoms with van der Waals surface area (Å²) in [5, 5.41) is 0. The minimum absolute atomic E-state index is 0. The van der Waals surface area contributed by atoms with Crippen LogP contribution in [0.25, 0.3) is 6.08 Å². The molecule has 0 unspecified atom stereocenters. The molecule has 2 aliphatic rings. The fourth-order valence-corrected chi connectivity index (χ4v) is 3.72. The molecule has 2 aliphatic heterocycles. The number of carbonyl (C=O) groups excluding carboxylic acids is 1. The van der Waals surface area contributed by atoms with E-state index in [1.54, 1.807) is 38.5 Å². The highest BCUT2D eigenvalue weighted by Crippen LogP contribution is 2.37. The van der Waals surface area contributed by atoms with Gasteiger partial charge in [-0.05, 0) is 50.2 Å². The summed E-state index contributed by atoms with van der Waals surface area (Å²) in [6.07, 6.45) is 4.21. The second-order valence-corrected chi connectivity index (χ2v) is 7.08. The molecule has 6 nitrogen and oxygen atoms in total. The Bertz CT molecular complexity index is 937. The molecule has 0 bridgehead atoms. The molecule has 0 amide bonds. The predicted octanol–water partition coefficient (Wildman–Crippen LogP) is 4.22. The summed E-state index contributed by atoms with van der Waals surface area (Å²) in [5.41, 5.74) is 1.25. The van der Waals surface area contributed by atoms with Gasteiger partial charge in [0.1, 0.15) is 18.1 Å². The lowest BCUT2D eigenvalue weighted by Gasteiger charge is -2.15. The number of allylic oxidation sites excluding steroid dienone is 1. The Morgan fingerprint density at radius 3 is 2.63 bits per heavy atom. The van der Waals surface area contributed by atoms with Gasteiger partial charge in [0.05, 0.1) is 19.8 Å². The van der Waals surface area contributed by atoms with Crippen LogP contribution in [0.2, 0.25) is 0 Å². The van der Waals surface area contributed by atoms with Crippen molar-refractivity contribution >= 4 is 24.3 Å². The summed E-state index contributed by atoms with van der Waals surface area (Å²) >= 11 is 0. The molecule has 0 saturated carbocycles. The highest BCUT2D eigenvalue weighted by Gasteiger charge is 2.28. The van der Waals surface area contributed by atoms with Crippen molar-refractivity contribution in [2.45, 2.75) is 12.8 Å². The number of nitrogens with zero attached hydrogens (tertiary/aromatic N) is 1. The van der Waals surface area contributed by atoms with Crippen molar-refractivity contribution in [1.29, 1.82) is 0 Å². The number of rotatable bonds is 7. The molecule has 0 spiro atoms. The van der Waals surface area contributed by atoms with Gasteiger partial charge in [-0.2, -0.15) is 0 Å². The van der Waals surface area contributed by atoms with Crippen LogP contribution in [0, 0.1) is 0 Å². The molecular formula is C23H26ClNO5. The van der Waals surface area contributed by atoms with Crippen molar-refractivity contribution in [2.24, 2.45) is 0 Å². The third-order valence-electron chi connectivity index (χ3n) is 5.24. The first kappa shape index (κ1) is 22.0. The topological polar surface area (TPSA) is 57.2 Å². The largest absolute Gasteiger partial charge is 0.493 e. The average Bonchev–Trinajstić information content (AvgIpc) is 3.36. The zero-order valence-electron chi connectivity index (χ0n) is 17.2. The number of fused-ring (bicyclic) bond motifs is 1. The quantitative estimate of drug-likeness (QED) is 0.612. The second kappa shape index (κ2) is 9.87. The molecule has 1 fully saturated rings. The molecule has 0 aliphatic carbocycles. The van der Waals surface area contributed by atoms with Gasteiger partial charge >= 0.3 is 0 Å². The summed E-state index contributed by atoms with van der Waals surface area (Å²) in [4.78, 5) is 15.1. The molecule has 2 heterocycles. The van der Waals surface area contributed by atoms with E-state index in [9.17, 15) is 4.79 Å². The number of carbonyl (C=O) groups is 1. The van der Waals surface area contributed by atoms with E-state index < -0.39 is 0 Å². The number of halogens is 1. The minimum Gasteiger partial charge on any atom is -0.493 e. The molecule has 30 heavy (non-hydrogen) atoms. The third-order valence-corrected chi connectivity index (χ3v) is 5.24. The van der Waals surface area contributed by atoms with Crippen LogP contribution in [-0.4, -0.2) is 51.1 Å². The van der Waals surface area contributed by atoms with Crippen molar-refractivity contribution in [3.63, 3.8) is 0 Å². The summed E-state index contributed by atoms with van der Waals surface area (Å²) < 4.78 is 22.5. The summed E-state index contributed by atoms with van der Waals surface area (Å²) in [6.45, 7) is 3.83. The van der Waals surface area contributed by atoms with Gasteiger partial charge < -0.3 is 18.9 Å². The Morgan fingerprint density at radius 2 is 1.90 bits per heavy atom. The van der Waals surface area contributed by atoms with Gasteiger partial charge in [-0.25, -0.2) is 0 Å². The number of benzene rings is 2. The second-order valence-electron chi connectivity index (χ2n) is 7.08. The van der Waals surface area contributed by atoms with E-state index in [0.29, 0.717) is 40.7 Å². The maximum absolute atomic E-state index is 12.7. The first-order valence-electron chi connectivity index (χ1n) is 9.84. The van der Waals surface area contributed by atoms with Crippen LogP contribution in [0.4, 0.5) is 0 Å². The first-order valence-corrected chi connectivity index (χ1v) is 9.84. The molecule has 0 radical (unpaired) electrons. The van der Waals surface area contributed by atoms with Crippen LogP contribution < -0.4 is 18.9 Å². The average molecular weight is 432 g/mol. The van der Waals surface area contributed by atoms with E-state index in [2.05, 4.69) is 4.90 Å². The van der Waals surface area contributed by atoms with Crippen molar-refractivity contribution < 1.29 is 23.7 Å². The Labute approximate surface area is 182 Å². The molecule has 2 aromatic carbocycles. The van der Waals surface area contributed by atoms with Crippen molar-refractivity contribution in [2.75, 3.05) is 40.5 Å². The standard InChI is InChI=1S/C23H25NO5.ClH/c1-26-19-7-5-6-16(23(19)27-2)14-21-22(25)18-9-8-17(15-20(18)29-21)28-13-12-24-10-3-4-11-24;/h5-9,14-15H,3-4,10-13H2,1-2H3;1H/b21-14-;. The number of para-hydroxylation sites is 1. The Morgan fingerprint density at radius 1 is 1.10 bits per heavy atom. The minimum atomic E-state index is -0.159. The maximum atomic E-state index is 12.7. The zero-order chi connectivity index (χ0) is 20.2. The molecule has 1 saturated heterocycles. The molecular weight excluding hydrogens is 406 g/mol. The normalized spacial score (nSPS) is 16.7. The van der Waals surface area contributed by atoms with Gasteiger partial charge in [-0.15, -0.1) is 12.4 Å². The SMILES string of the molecule is COc1cccc(/C=C2\Oc3cc(OCCN4CCCC4)ccc3C2=O)c1OC.Cl. The van der Waals surface area contributed by atoms with Crippen LogP contribution >= 0.6 is 12.4 Å². The number of hydrogen-bond donors (Lipinski definition) is 0.